The lowest BCUT2D eigenvalue weighted by Gasteiger charge is -2.34. The van der Waals surface area contributed by atoms with Crippen molar-refractivity contribution in [1.82, 2.24) is 4.98 Å². The largest absolute Gasteiger partial charge is 0.495 e. The molecule has 1 heterocycles. The lowest BCUT2D eigenvalue weighted by Crippen LogP contribution is -2.20. The number of aromatic carboxylic acids is 1. The van der Waals surface area contributed by atoms with Crippen LogP contribution in [0.4, 0.5) is 14.5 Å². The number of hydrogen-bond acceptors (Lipinski definition) is 6. The molecule has 192 valence electrons. The number of aromatic nitrogens is 1. The number of nitrogens with zero attached hydrogens (tertiary/aromatic N) is 1. The first-order chi connectivity index (χ1) is 16.9. The van der Waals surface area contributed by atoms with Crippen molar-refractivity contribution in [2.24, 2.45) is 5.41 Å². The van der Waals surface area contributed by atoms with E-state index in [-0.39, 0.29) is 33.6 Å². The second kappa shape index (κ2) is 9.78. The van der Waals surface area contributed by atoms with E-state index < -0.39 is 27.4 Å². The Kier molecular flexibility index (Phi) is 7.07. The van der Waals surface area contributed by atoms with Crippen LogP contribution in [0.5, 0.6) is 5.75 Å². The van der Waals surface area contributed by atoms with Crippen molar-refractivity contribution in [2.45, 2.75) is 50.5 Å². The Labute approximate surface area is 212 Å². The van der Waals surface area contributed by atoms with Crippen LogP contribution in [0.1, 0.15) is 61.4 Å². The second-order valence-electron chi connectivity index (χ2n) is 9.61. The molecule has 7 nitrogen and oxygen atoms in total. The standard InChI is InChI=1S/C25H26F2N2O5S2/c1-25(2)8-6-14(7-9-25)16-5-4-15(10-18(16)26)23-28-22(13-35-23)36(32,33)29-20-12-19(27)17(24(30)31)11-21(20)34-3/h4-5,10-14,29H,6-9H2,1-3H3,(H,30,31). The smallest absolute Gasteiger partial charge is 0.338 e. The monoisotopic (exact) mass is 536 g/mol. The maximum absolute atomic E-state index is 15.0. The molecule has 4 rings (SSSR count). The lowest BCUT2D eigenvalue weighted by atomic mass is 9.71. The molecule has 1 aliphatic rings. The number of carbonyl (C=O) groups is 1. The summed E-state index contributed by atoms with van der Waals surface area (Å²) in [5.74, 6) is -3.00. The highest BCUT2D eigenvalue weighted by Crippen LogP contribution is 2.43. The lowest BCUT2D eigenvalue weighted by molar-refractivity contribution is 0.0691. The number of methoxy groups -OCH3 is 1. The number of carboxylic acids is 1. The Morgan fingerprint density at radius 2 is 1.86 bits per heavy atom. The zero-order valence-electron chi connectivity index (χ0n) is 20.0. The van der Waals surface area contributed by atoms with Gasteiger partial charge in [0.15, 0.2) is 5.03 Å². The number of nitrogens with one attached hydrogen (secondary N) is 1. The molecule has 0 aliphatic heterocycles. The molecule has 0 amide bonds. The molecule has 2 aromatic carbocycles. The SMILES string of the molecule is COc1cc(C(=O)O)c(F)cc1NS(=O)(=O)c1csc(-c2ccc(C3CCC(C)(C)CC3)c(F)c2)n1. The summed E-state index contributed by atoms with van der Waals surface area (Å²) in [5.41, 5.74) is 0.457. The Morgan fingerprint density at radius 1 is 1.17 bits per heavy atom. The topological polar surface area (TPSA) is 106 Å². The maximum Gasteiger partial charge on any atom is 0.338 e. The van der Waals surface area contributed by atoms with Gasteiger partial charge >= 0.3 is 5.97 Å². The molecule has 2 N–H and O–H groups in total. The highest BCUT2D eigenvalue weighted by atomic mass is 32.2. The number of halogens is 2. The van der Waals surface area contributed by atoms with E-state index in [1.165, 1.54) is 18.6 Å². The van der Waals surface area contributed by atoms with Crippen molar-refractivity contribution in [3.05, 3.63) is 58.5 Å². The first-order valence-electron chi connectivity index (χ1n) is 11.3. The van der Waals surface area contributed by atoms with Crippen molar-refractivity contribution in [3.8, 4) is 16.3 Å². The van der Waals surface area contributed by atoms with Gasteiger partial charge in [0, 0.05) is 17.0 Å². The van der Waals surface area contributed by atoms with E-state index >= 15 is 4.39 Å². The van der Waals surface area contributed by atoms with Crippen LogP contribution in [0.3, 0.4) is 0 Å². The van der Waals surface area contributed by atoms with Crippen molar-refractivity contribution in [2.75, 3.05) is 11.8 Å². The van der Waals surface area contributed by atoms with Crippen LogP contribution < -0.4 is 9.46 Å². The summed E-state index contributed by atoms with van der Waals surface area (Å²) in [7, 11) is -3.07. The number of carboxylic acid groups (broad SMARTS) is 1. The van der Waals surface area contributed by atoms with Gasteiger partial charge in [-0.2, -0.15) is 8.42 Å². The summed E-state index contributed by atoms with van der Waals surface area (Å²) in [4.78, 5) is 15.3. The summed E-state index contributed by atoms with van der Waals surface area (Å²) >= 11 is 1.03. The second-order valence-corrected chi connectivity index (χ2v) is 12.1. The van der Waals surface area contributed by atoms with Crippen LogP contribution in [0.25, 0.3) is 10.6 Å². The van der Waals surface area contributed by atoms with Crippen molar-refractivity contribution in [1.29, 1.82) is 0 Å². The molecule has 0 saturated heterocycles. The Morgan fingerprint density at radius 3 is 2.47 bits per heavy atom. The molecule has 0 unspecified atom stereocenters. The van der Waals surface area contributed by atoms with Crippen LogP contribution >= 0.6 is 11.3 Å². The van der Waals surface area contributed by atoms with Gasteiger partial charge in [-0.25, -0.2) is 18.6 Å². The highest BCUT2D eigenvalue weighted by Gasteiger charge is 2.29. The highest BCUT2D eigenvalue weighted by molar-refractivity contribution is 7.92. The zero-order valence-corrected chi connectivity index (χ0v) is 21.6. The molecule has 0 radical (unpaired) electrons. The van der Waals surface area contributed by atoms with Gasteiger partial charge < -0.3 is 9.84 Å². The normalized spacial score (nSPS) is 16.0. The third-order valence-corrected chi connectivity index (χ3v) is 8.84. The van der Waals surface area contributed by atoms with Crippen LogP contribution in [-0.4, -0.2) is 31.6 Å². The Balaban J connectivity index is 1.56. The average Bonchev–Trinajstić information content (AvgIpc) is 3.31. The molecule has 1 aromatic heterocycles. The van der Waals surface area contributed by atoms with Gasteiger partial charge in [0.1, 0.15) is 22.4 Å². The van der Waals surface area contributed by atoms with E-state index in [0.29, 0.717) is 16.1 Å². The van der Waals surface area contributed by atoms with Gasteiger partial charge in [-0.15, -0.1) is 11.3 Å². The van der Waals surface area contributed by atoms with Gasteiger partial charge in [0.05, 0.1) is 18.4 Å². The summed E-state index contributed by atoms with van der Waals surface area (Å²) in [5, 5.41) is 10.3. The third-order valence-electron chi connectivity index (χ3n) is 6.55. The quantitative estimate of drug-likeness (QED) is 0.368. The molecule has 1 saturated carbocycles. The molecular weight excluding hydrogens is 510 g/mol. The van der Waals surface area contributed by atoms with Crippen LogP contribution in [0, 0.1) is 17.0 Å². The number of thiazole rings is 1. The van der Waals surface area contributed by atoms with E-state index in [4.69, 9.17) is 9.84 Å². The zero-order chi connectivity index (χ0) is 26.3. The van der Waals surface area contributed by atoms with Crippen LogP contribution in [0.2, 0.25) is 0 Å². The van der Waals surface area contributed by atoms with Crippen molar-refractivity contribution >= 4 is 33.0 Å². The summed E-state index contributed by atoms with van der Waals surface area (Å²) in [6.45, 7) is 4.45. The van der Waals surface area contributed by atoms with E-state index in [9.17, 15) is 17.6 Å². The van der Waals surface area contributed by atoms with Crippen molar-refractivity contribution < 1.29 is 31.8 Å². The molecule has 1 aliphatic carbocycles. The maximum atomic E-state index is 15.0. The van der Waals surface area contributed by atoms with Gasteiger partial charge in [-0.3, -0.25) is 4.72 Å². The molecule has 0 bridgehead atoms. The summed E-state index contributed by atoms with van der Waals surface area (Å²) < 4.78 is 62.1. The van der Waals surface area contributed by atoms with E-state index in [0.717, 1.165) is 49.2 Å². The summed E-state index contributed by atoms with van der Waals surface area (Å²) in [6, 6.07) is 6.48. The first-order valence-corrected chi connectivity index (χ1v) is 13.7. The van der Waals surface area contributed by atoms with E-state index in [1.807, 2.05) is 0 Å². The molecular formula is C25H26F2N2O5S2. The predicted molar refractivity (Wildman–Crippen MR) is 133 cm³/mol. The van der Waals surface area contributed by atoms with Crippen LogP contribution in [0.15, 0.2) is 40.7 Å². The Bertz CT molecular complexity index is 1410. The predicted octanol–water partition coefficient (Wildman–Crippen LogP) is 6.28. The summed E-state index contributed by atoms with van der Waals surface area (Å²) in [6.07, 6.45) is 3.92. The fourth-order valence-corrected chi connectivity index (χ4v) is 6.53. The molecule has 11 heteroatoms. The minimum Gasteiger partial charge on any atom is -0.495 e. The fourth-order valence-electron chi connectivity index (χ4n) is 4.38. The molecule has 1 fully saturated rings. The molecule has 0 atom stereocenters. The minimum absolute atomic E-state index is 0.159. The van der Waals surface area contributed by atoms with Gasteiger partial charge in [0.2, 0.25) is 0 Å². The number of hydrogen-bond donors (Lipinski definition) is 2. The van der Waals surface area contributed by atoms with Gasteiger partial charge in [-0.1, -0.05) is 26.0 Å². The molecule has 0 spiro atoms. The van der Waals surface area contributed by atoms with E-state index in [1.54, 1.807) is 12.1 Å². The Hall–Kier alpha value is -3.05. The number of rotatable bonds is 7. The number of benzene rings is 2. The number of sulfonamides is 1. The fraction of sp³-hybridized carbons (Fsp3) is 0.360. The average molecular weight is 537 g/mol. The van der Waals surface area contributed by atoms with E-state index in [2.05, 4.69) is 23.6 Å². The van der Waals surface area contributed by atoms with Crippen LogP contribution in [-0.2, 0) is 10.0 Å². The third kappa shape index (κ3) is 5.36. The van der Waals surface area contributed by atoms with Crippen molar-refractivity contribution in [3.63, 3.8) is 0 Å². The number of anilines is 1. The first kappa shape index (κ1) is 26.0. The van der Waals surface area contributed by atoms with Gasteiger partial charge in [0.25, 0.3) is 10.0 Å². The molecule has 3 aromatic rings. The number of ether oxygens (including phenoxy) is 1. The minimum atomic E-state index is -4.27. The van der Waals surface area contributed by atoms with Gasteiger partial charge in [-0.05, 0) is 54.7 Å². The molecule has 36 heavy (non-hydrogen) atoms.